The van der Waals surface area contributed by atoms with Crippen molar-refractivity contribution in [2.45, 2.75) is 32.2 Å². The number of fused-ring (bicyclic) bond motifs is 1. The number of amides is 1. The Hall–Kier alpha value is -1.55. The summed E-state index contributed by atoms with van der Waals surface area (Å²) in [6, 6.07) is 8.44. The van der Waals surface area contributed by atoms with Crippen LogP contribution in [0.5, 0.6) is 0 Å². The second kappa shape index (κ2) is 7.14. The summed E-state index contributed by atoms with van der Waals surface area (Å²) in [7, 11) is 0. The summed E-state index contributed by atoms with van der Waals surface area (Å²) in [5.41, 5.74) is 2.46. The molecule has 0 aromatic heterocycles. The molecule has 0 bridgehead atoms. The molecule has 0 aliphatic carbocycles. The largest absolute Gasteiger partial charge is 0.383 e. The van der Waals surface area contributed by atoms with Crippen LogP contribution in [0.4, 0.5) is 5.69 Å². The lowest BCUT2D eigenvalue weighted by Gasteiger charge is -2.26. The monoisotopic (exact) mass is 262 g/mol. The highest BCUT2D eigenvalue weighted by atomic mass is 16.5. The molecule has 0 fully saturated rings. The summed E-state index contributed by atoms with van der Waals surface area (Å²) >= 11 is 0. The van der Waals surface area contributed by atoms with Crippen molar-refractivity contribution < 1.29 is 9.53 Å². The number of carbonyl (C=O) groups excluding carboxylic acids is 1. The first-order valence-electron chi connectivity index (χ1n) is 6.98. The third-order valence-electron chi connectivity index (χ3n) is 3.28. The lowest BCUT2D eigenvalue weighted by atomic mass is 9.99. The normalized spacial score (nSPS) is 17.4. The van der Waals surface area contributed by atoms with Gasteiger partial charge in [0.05, 0.1) is 6.04 Å². The van der Waals surface area contributed by atoms with E-state index in [4.69, 9.17) is 4.74 Å². The first-order valence-corrected chi connectivity index (χ1v) is 6.98. The van der Waals surface area contributed by atoms with Gasteiger partial charge in [0.1, 0.15) is 0 Å². The third-order valence-corrected chi connectivity index (χ3v) is 3.28. The summed E-state index contributed by atoms with van der Waals surface area (Å²) in [4.78, 5) is 11.8. The molecule has 2 N–H and O–H groups in total. The molecule has 0 saturated heterocycles. The zero-order valence-corrected chi connectivity index (χ0v) is 11.4. The van der Waals surface area contributed by atoms with Crippen LogP contribution in [0.15, 0.2) is 24.3 Å². The van der Waals surface area contributed by atoms with E-state index in [9.17, 15) is 4.79 Å². The topological polar surface area (TPSA) is 50.4 Å². The highest BCUT2D eigenvalue weighted by Crippen LogP contribution is 2.20. The fraction of sp³-hybridized carbons (Fsp3) is 0.533. The van der Waals surface area contributed by atoms with Gasteiger partial charge in [0, 0.05) is 31.9 Å². The lowest BCUT2D eigenvalue weighted by Crippen LogP contribution is -2.43. The number of nitrogens with one attached hydrogen (secondary N) is 2. The van der Waals surface area contributed by atoms with Gasteiger partial charge in [0.15, 0.2) is 0 Å². The van der Waals surface area contributed by atoms with Crippen molar-refractivity contribution in [2.24, 2.45) is 0 Å². The maximum Gasteiger partial charge on any atom is 0.220 e. The van der Waals surface area contributed by atoms with Gasteiger partial charge in [0.2, 0.25) is 5.91 Å². The van der Waals surface area contributed by atoms with E-state index in [1.54, 1.807) is 0 Å². The number of hydrogen-bond donors (Lipinski definition) is 2. The van der Waals surface area contributed by atoms with Crippen LogP contribution in [0, 0.1) is 0 Å². The standard InChI is InChI=1S/C15H22N2O2/c1-2-19-9-5-8-15(18)17-13-10-12-6-3-4-7-14(12)16-11-13/h3-4,6-7,13,16H,2,5,8-11H2,1H3,(H,17,18). The number of ether oxygens (including phenoxy) is 1. The molecular formula is C15H22N2O2. The van der Waals surface area contributed by atoms with Gasteiger partial charge < -0.3 is 15.4 Å². The van der Waals surface area contributed by atoms with Gasteiger partial charge in [-0.15, -0.1) is 0 Å². The molecule has 19 heavy (non-hydrogen) atoms. The summed E-state index contributed by atoms with van der Waals surface area (Å²) in [5.74, 6) is 0.117. The van der Waals surface area contributed by atoms with Crippen LogP contribution in [0.2, 0.25) is 0 Å². The van der Waals surface area contributed by atoms with E-state index in [1.807, 2.05) is 19.1 Å². The molecule has 4 heteroatoms. The predicted molar refractivity (Wildman–Crippen MR) is 76.3 cm³/mol. The molecule has 1 aromatic rings. The summed E-state index contributed by atoms with van der Waals surface area (Å²) in [6.07, 6.45) is 2.23. The molecule has 4 nitrogen and oxygen atoms in total. The highest BCUT2D eigenvalue weighted by Gasteiger charge is 2.18. The molecule has 104 valence electrons. The predicted octanol–water partition coefficient (Wildman–Crippen LogP) is 1.96. The van der Waals surface area contributed by atoms with Crippen molar-refractivity contribution in [3.8, 4) is 0 Å². The van der Waals surface area contributed by atoms with Crippen LogP contribution in [0.25, 0.3) is 0 Å². The maximum atomic E-state index is 11.8. The van der Waals surface area contributed by atoms with Crippen LogP contribution in [-0.4, -0.2) is 31.7 Å². The number of rotatable bonds is 6. The zero-order valence-electron chi connectivity index (χ0n) is 11.4. The smallest absolute Gasteiger partial charge is 0.220 e. The van der Waals surface area contributed by atoms with Gasteiger partial charge in [-0.3, -0.25) is 4.79 Å². The Morgan fingerprint density at radius 3 is 3.16 bits per heavy atom. The maximum absolute atomic E-state index is 11.8. The van der Waals surface area contributed by atoms with Crippen molar-refractivity contribution in [1.82, 2.24) is 5.32 Å². The van der Waals surface area contributed by atoms with Gasteiger partial charge in [-0.05, 0) is 31.4 Å². The first kappa shape index (κ1) is 13.9. The van der Waals surface area contributed by atoms with E-state index in [2.05, 4.69) is 22.8 Å². The minimum atomic E-state index is 0.117. The lowest BCUT2D eigenvalue weighted by molar-refractivity contribution is -0.122. The second-order valence-electron chi connectivity index (χ2n) is 4.81. The number of carbonyl (C=O) groups is 1. The fourth-order valence-corrected chi connectivity index (χ4v) is 2.32. The van der Waals surface area contributed by atoms with Crippen LogP contribution in [0.3, 0.4) is 0 Å². The van der Waals surface area contributed by atoms with Gasteiger partial charge in [0.25, 0.3) is 0 Å². The molecule has 0 radical (unpaired) electrons. The average Bonchev–Trinajstić information content (AvgIpc) is 2.43. The first-order chi connectivity index (χ1) is 9.29. The van der Waals surface area contributed by atoms with E-state index in [0.717, 1.165) is 19.4 Å². The SMILES string of the molecule is CCOCCCC(=O)NC1CNc2ccccc2C1. The zero-order chi connectivity index (χ0) is 13.5. The molecule has 1 amide bonds. The van der Waals surface area contributed by atoms with Crippen LogP contribution < -0.4 is 10.6 Å². The number of hydrogen-bond acceptors (Lipinski definition) is 3. The molecular weight excluding hydrogens is 240 g/mol. The second-order valence-corrected chi connectivity index (χ2v) is 4.81. The number of para-hydroxylation sites is 1. The Morgan fingerprint density at radius 1 is 1.47 bits per heavy atom. The Balaban J connectivity index is 1.74. The highest BCUT2D eigenvalue weighted by molar-refractivity contribution is 5.76. The minimum absolute atomic E-state index is 0.117. The molecule has 2 rings (SSSR count). The summed E-state index contributed by atoms with van der Waals surface area (Å²) in [6.45, 7) is 4.14. The molecule has 1 unspecified atom stereocenters. The van der Waals surface area contributed by atoms with Crippen molar-refractivity contribution >= 4 is 11.6 Å². The molecule has 1 aliphatic heterocycles. The van der Waals surface area contributed by atoms with Crippen LogP contribution in [0.1, 0.15) is 25.3 Å². The van der Waals surface area contributed by atoms with Gasteiger partial charge in [-0.1, -0.05) is 18.2 Å². The number of anilines is 1. The van der Waals surface area contributed by atoms with Crippen molar-refractivity contribution in [3.05, 3.63) is 29.8 Å². The molecule has 1 atom stereocenters. The van der Waals surface area contributed by atoms with E-state index >= 15 is 0 Å². The Bertz CT molecular complexity index is 420. The van der Waals surface area contributed by atoms with Crippen molar-refractivity contribution in [3.63, 3.8) is 0 Å². The van der Waals surface area contributed by atoms with Crippen LogP contribution >= 0.6 is 0 Å². The third kappa shape index (κ3) is 4.24. The Morgan fingerprint density at radius 2 is 2.32 bits per heavy atom. The summed E-state index contributed by atoms with van der Waals surface area (Å²) < 4.78 is 5.23. The van der Waals surface area contributed by atoms with Crippen molar-refractivity contribution in [1.29, 1.82) is 0 Å². The van der Waals surface area contributed by atoms with Gasteiger partial charge in [-0.25, -0.2) is 0 Å². The van der Waals surface area contributed by atoms with Crippen molar-refractivity contribution in [2.75, 3.05) is 25.1 Å². The van der Waals surface area contributed by atoms with Gasteiger partial charge in [-0.2, -0.15) is 0 Å². The summed E-state index contributed by atoms with van der Waals surface area (Å²) in [5, 5.41) is 6.43. The molecule has 1 aromatic carbocycles. The van der Waals surface area contributed by atoms with E-state index in [1.165, 1.54) is 11.3 Å². The quantitative estimate of drug-likeness (QED) is 0.771. The molecule has 1 heterocycles. The molecule has 0 saturated carbocycles. The minimum Gasteiger partial charge on any atom is -0.383 e. The molecule has 0 spiro atoms. The van der Waals surface area contributed by atoms with E-state index in [0.29, 0.717) is 19.6 Å². The Labute approximate surface area is 114 Å². The number of benzene rings is 1. The van der Waals surface area contributed by atoms with E-state index < -0.39 is 0 Å². The average molecular weight is 262 g/mol. The Kier molecular flexibility index (Phi) is 5.21. The van der Waals surface area contributed by atoms with Crippen LogP contribution in [-0.2, 0) is 16.0 Å². The fourth-order valence-electron chi connectivity index (χ4n) is 2.32. The van der Waals surface area contributed by atoms with E-state index in [-0.39, 0.29) is 11.9 Å². The molecule has 1 aliphatic rings. The van der Waals surface area contributed by atoms with Gasteiger partial charge >= 0.3 is 0 Å².